The lowest BCUT2D eigenvalue weighted by atomic mass is 10.1. The third kappa shape index (κ3) is 2.26. The standard InChI is InChI=1S/C11H16FN5O/c1-7-9(12)10(16-6-15-7)17-4-3-14-5-8(17)11(18)13-2/h6,8,14H,3-5H2,1-2H3,(H,13,18). The van der Waals surface area contributed by atoms with Crippen LogP contribution in [0.25, 0.3) is 0 Å². The smallest absolute Gasteiger partial charge is 0.243 e. The molecule has 2 heterocycles. The third-order valence-electron chi connectivity index (χ3n) is 3.01. The Morgan fingerprint density at radius 1 is 1.61 bits per heavy atom. The summed E-state index contributed by atoms with van der Waals surface area (Å²) in [7, 11) is 1.57. The molecule has 0 aliphatic carbocycles. The molecule has 1 atom stereocenters. The van der Waals surface area contributed by atoms with Crippen molar-refractivity contribution in [3.8, 4) is 0 Å². The Morgan fingerprint density at radius 2 is 2.39 bits per heavy atom. The number of halogens is 1. The van der Waals surface area contributed by atoms with Crippen molar-refractivity contribution in [2.24, 2.45) is 0 Å². The van der Waals surface area contributed by atoms with Crippen LogP contribution < -0.4 is 15.5 Å². The van der Waals surface area contributed by atoms with E-state index in [-0.39, 0.29) is 17.4 Å². The molecular weight excluding hydrogens is 237 g/mol. The fourth-order valence-corrected chi connectivity index (χ4v) is 2.00. The molecule has 0 bridgehead atoms. The molecule has 18 heavy (non-hydrogen) atoms. The first-order valence-corrected chi connectivity index (χ1v) is 5.81. The third-order valence-corrected chi connectivity index (χ3v) is 3.01. The predicted molar refractivity (Wildman–Crippen MR) is 64.8 cm³/mol. The van der Waals surface area contributed by atoms with Gasteiger partial charge in [0.2, 0.25) is 5.91 Å². The Hall–Kier alpha value is -1.76. The van der Waals surface area contributed by atoms with Crippen molar-refractivity contribution < 1.29 is 9.18 Å². The van der Waals surface area contributed by atoms with Gasteiger partial charge in [0.15, 0.2) is 11.6 Å². The number of amides is 1. The first-order valence-electron chi connectivity index (χ1n) is 5.81. The zero-order chi connectivity index (χ0) is 13.1. The van der Waals surface area contributed by atoms with Gasteiger partial charge in [-0.2, -0.15) is 0 Å². The maximum Gasteiger partial charge on any atom is 0.243 e. The molecule has 1 aliphatic rings. The van der Waals surface area contributed by atoms with Crippen LogP contribution in [-0.2, 0) is 4.79 Å². The number of rotatable bonds is 2. The number of aromatic nitrogens is 2. The van der Waals surface area contributed by atoms with Gasteiger partial charge in [0.05, 0.1) is 5.69 Å². The Kier molecular flexibility index (Phi) is 3.71. The number of hydrogen-bond acceptors (Lipinski definition) is 5. The average molecular weight is 253 g/mol. The first kappa shape index (κ1) is 12.7. The quantitative estimate of drug-likeness (QED) is 0.740. The number of carbonyl (C=O) groups excluding carboxylic acids is 1. The van der Waals surface area contributed by atoms with E-state index in [4.69, 9.17) is 0 Å². The molecule has 1 saturated heterocycles. The molecular formula is C11H16FN5O. The van der Waals surface area contributed by atoms with Crippen LogP contribution >= 0.6 is 0 Å². The lowest BCUT2D eigenvalue weighted by molar-refractivity contribution is -0.122. The van der Waals surface area contributed by atoms with E-state index in [1.165, 1.54) is 6.33 Å². The molecule has 7 heteroatoms. The molecule has 0 aromatic carbocycles. The highest BCUT2D eigenvalue weighted by molar-refractivity contribution is 5.85. The summed E-state index contributed by atoms with van der Waals surface area (Å²) < 4.78 is 14.0. The van der Waals surface area contributed by atoms with Crippen molar-refractivity contribution in [1.82, 2.24) is 20.6 Å². The molecule has 6 nitrogen and oxygen atoms in total. The van der Waals surface area contributed by atoms with Crippen LogP contribution in [0.3, 0.4) is 0 Å². The second-order valence-corrected chi connectivity index (χ2v) is 4.12. The summed E-state index contributed by atoms with van der Waals surface area (Å²) in [5, 5.41) is 5.70. The molecule has 1 aromatic rings. The highest BCUT2D eigenvalue weighted by Crippen LogP contribution is 2.20. The summed E-state index contributed by atoms with van der Waals surface area (Å²) in [6.07, 6.45) is 1.32. The Balaban J connectivity index is 2.34. The monoisotopic (exact) mass is 253 g/mol. The summed E-state index contributed by atoms with van der Waals surface area (Å²) >= 11 is 0. The fourth-order valence-electron chi connectivity index (χ4n) is 2.00. The number of anilines is 1. The van der Waals surface area contributed by atoms with Crippen LogP contribution in [0.1, 0.15) is 5.69 Å². The summed E-state index contributed by atoms with van der Waals surface area (Å²) in [6.45, 7) is 3.28. The predicted octanol–water partition coefficient (Wildman–Crippen LogP) is -0.552. The SMILES string of the molecule is CNC(=O)C1CNCCN1c1ncnc(C)c1F. The van der Waals surface area contributed by atoms with E-state index in [0.29, 0.717) is 19.6 Å². The highest BCUT2D eigenvalue weighted by Gasteiger charge is 2.31. The molecule has 0 radical (unpaired) electrons. The largest absolute Gasteiger partial charge is 0.357 e. The van der Waals surface area contributed by atoms with Crippen molar-refractivity contribution in [1.29, 1.82) is 0 Å². The number of carbonyl (C=O) groups is 1. The Labute approximate surface area is 105 Å². The van der Waals surface area contributed by atoms with Crippen LogP contribution in [-0.4, -0.2) is 48.6 Å². The van der Waals surface area contributed by atoms with Gasteiger partial charge in [0, 0.05) is 26.7 Å². The summed E-state index contributed by atoms with van der Waals surface area (Å²) in [4.78, 5) is 21.2. The highest BCUT2D eigenvalue weighted by atomic mass is 19.1. The van der Waals surface area contributed by atoms with Crippen molar-refractivity contribution in [2.45, 2.75) is 13.0 Å². The number of aryl methyl sites for hydroxylation is 1. The number of likely N-dealkylation sites (N-methyl/N-ethyl adjacent to an activating group) is 1. The van der Waals surface area contributed by atoms with E-state index >= 15 is 0 Å². The maximum atomic E-state index is 14.0. The fraction of sp³-hybridized carbons (Fsp3) is 0.545. The van der Waals surface area contributed by atoms with Gasteiger partial charge in [-0.1, -0.05) is 0 Å². The van der Waals surface area contributed by atoms with Crippen LogP contribution in [0, 0.1) is 12.7 Å². The van der Waals surface area contributed by atoms with E-state index in [2.05, 4.69) is 20.6 Å². The number of hydrogen-bond donors (Lipinski definition) is 2. The van der Waals surface area contributed by atoms with Gasteiger partial charge in [-0.05, 0) is 6.92 Å². The maximum absolute atomic E-state index is 14.0. The average Bonchev–Trinajstić information content (AvgIpc) is 2.41. The summed E-state index contributed by atoms with van der Waals surface area (Å²) in [5.74, 6) is -0.427. The molecule has 1 fully saturated rings. The van der Waals surface area contributed by atoms with E-state index in [9.17, 15) is 9.18 Å². The van der Waals surface area contributed by atoms with Crippen molar-refractivity contribution in [3.63, 3.8) is 0 Å². The lowest BCUT2D eigenvalue weighted by Gasteiger charge is -2.35. The van der Waals surface area contributed by atoms with E-state index in [0.717, 1.165) is 0 Å². The molecule has 0 spiro atoms. The normalized spacial score (nSPS) is 19.7. The van der Waals surface area contributed by atoms with Gasteiger partial charge in [-0.15, -0.1) is 0 Å². The van der Waals surface area contributed by atoms with Gasteiger partial charge in [-0.25, -0.2) is 14.4 Å². The van der Waals surface area contributed by atoms with Crippen LogP contribution in [0.15, 0.2) is 6.33 Å². The van der Waals surface area contributed by atoms with E-state index < -0.39 is 11.9 Å². The molecule has 1 amide bonds. The van der Waals surface area contributed by atoms with Crippen LogP contribution in [0.5, 0.6) is 0 Å². The zero-order valence-electron chi connectivity index (χ0n) is 10.4. The first-order chi connectivity index (χ1) is 8.65. The van der Waals surface area contributed by atoms with Gasteiger partial charge in [0.25, 0.3) is 0 Å². The van der Waals surface area contributed by atoms with Crippen LogP contribution in [0.2, 0.25) is 0 Å². The summed E-state index contributed by atoms with van der Waals surface area (Å²) in [6, 6.07) is -0.451. The Bertz CT molecular complexity index is 453. The number of nitrogens with zero attached hydrogens (tertiary/aromatic N) is 3. The molecule has 0 saturated carbocycles. The molecule has 98 valence electrons. The lowest BCUT2D eigenvalue weighted by Crippen LogP contribution is -2.58. The van der Waals surface area contributed by atoms with Crippen molar-refractivity contribution in [3.05, 3.63) is 17.8 Å². The molecule has 2 rings (SSSR count). The van der Waals surface area contributed by atoms with E-state index in [1.54, 1.807) is 18.9 Å². The second-order valence-electron chi connectivity index (χ2n) is 4.12. The zero-order valence-corrected chi connectivity index (χ0v) is 10.4. The molecule has 2 N–H and O–H groups in total. The van der Waals surface area contributed by atoms with E-state index in [1.807, 2.05) is 0 Å². The minimum atomic E-state index is -0.465. The topological polar surface area (TPSA) is 70.2 Å². The van der Waals surface area contributed by atoms with Gasteiger partial charge in [-0.3, -0.25) is 4.79 Å². The van der Waals surface area contributed by atoms with Gasteiger partial charge < -0.3 is 15.5 Å². The van der Waals surface area contributed by atoms with Gasteiger partial charge >= 0.3 is 0 Å². The molecule has 1 aliphatic heterocycles. The number of piperazine rings is 1. The minimum absolute atomic E-state index is 0.155. The Morgan fingerprint density at radius 3 is 3.11 bits per heavy atom. The van der Waals surface area contributed by atoms with Crippen molar-refractivity contribution >= 4 is 11.7 Å². The molecule has 1 aromatic heterocycles. The van der Waals surface area contributed by atoms with Crippen LogP contribution in [0.4, 0.5) is 10.2 Å². The summed E-state index contributed by atoms with van der Waals surface area (Å²) in [5.41, 5.74) is 0.286. The number of nitrogens with one attached hydrogen (secondary N) is 2. The second kappa shape index (κ2) is 5.26. The molecule has 1 unspecified atom stereocenters. The minimum Gasteiger partial charge on any atom is -0.357 e. The van der Waals surface area contributed by atoms with Gasteiger partial charge in [0.1, 0.15) is 12.4 Å². The van der Waals surface area contributed by atoms with Crippen molar-refractivity contribution in [2.75, 3.05) is 31.6 Å².